The molecule has 166 valence electrons. The zero-order valence-electron chi connectivity index (χ0n) is 17.1. The van der Waals surface area contributed by atoms with Crippen molar-refractivity contribution in [1.82, 2.24) is 0 Å². The first-order valence-corrected chi connectivity index (χ1v) is 10.2. The van der Waals surface area contributed by atoms with E-state index >= 15 is 0 Å². The molecule has 0 aromatic heterocycles. The topological polar surface area (TPSA) is 64.4 Å². The molecular weight excluding hydrogens is 426 g/mol. The Bertz CT molecular complexity index is 1140. The maximum atomic E-state index is 14.5. The van der Waals surface area contributed by atoms with Crippen LogP contribution in [0.2, 0.25) is 0 Å². The van der Waals surface area contributed by atoms with Crippen LogP contribution in [0.15, 0.2) is 36.4 Å². The summed E-state index contributed by atoms with van der Waals surface area (Å²) in [6, 6.07) is 7.37. The van der Waals surface area contributed by atoms with Gasteiger partial charge in [0.1, 0.15) is 5.82 Å². The second-order valence-corrected chi connectivity index (χ2v) is 8.00. The molecule has 1 aliphatic carbocycles. The average molecular weight is 445 g/mol. The van der Waals surface area contributed by atoms with Gasteiger partial charge >= 0.3 is 12.2 Å². The van der Waals surface area contributed by atoms with Gasteiger partial charge in [0.2, 0.25) is 0 Å². The summed E-state index contributed by atoms with van der Waals surface area (Å²) < 4.78 is 54.9. The molecule has 2 aliphatic rings. The van der Waals surface area contributed by atoms with E-state index in [0.29, 0.717) is 12.8 Å². The van der Waals surface area contributed by atoms with E-state index < -0.39 is 34.9 Å². The zero-order chi connectivity index (χ0) is 23.2. The normalized spacial score (nSPS) is 20.8. The highest BCUT2D eigenvalue weighted by Crippen LogP contribution is 2.42. The van der Waals surface area contributed by atoms with Crippen LogP contribution in [-0.4, -0.2) is 23.9 Å². The third-order valence-electron chi connectivity index (χ3n) is 6.09. The van der Waals surface area contributed by atoms with Gasteiger partial charge < -0.3 is 0 Å². The van der Waals surface area contributed by atoms with Gasteiger partial charge in [0.15, 0.2) is 5.78 Å². The highest BCUT2D eigenvalue weighted by atomic mass is 19.4. The summed E-state index contributed by atoms with van der Waals surface area (Å²) >= 11 is 0. The summed E-state index contributed by atoms with van der Waals surface area (Å²) in [5.41, 5.74) is -1.43. The first-order chi connectivity index (χ1) is 15.1. The predicted molar refractivity (Wildman–Crippen MR) is 109 cm³/mol. The van der Waals surface area contributed by atoms with Crippen LogP contribution in [0.3, 0.4) is 0 Å². The number of hydrogen-bond acceptors (Lipinski definition) is 3. The van der Waals surface area contributed by atoms with Crippen LogP contribution in [0.5, 0.6) is 0 Å². The first kappa shape index (κ1) is 21.8. The van der Waals surface area contributed by atoms with Gasteiger partial charge in [-0.2, -0.15) is 18.4 Å². The number of alkyl halides is 3. The number of Topliss-reactive ketones (excluding diaryl/α,β-unsaturated/α-hetero) is 1. The van der Waals surface area contributed by atoms with E-state index in [0.717, 1.165) is 31.0 Å². The standard InChI is InChI=1S/C23H19F4N3O2/c1-13(31)17-9-8-16(11-19(17)24)30-21-5-3-2-4-20(21)29(22(30)32)15-7-6-14(12-28)18(10-15)23(25,26)27/h6-11,20-21H,2-5H2,1H3/t20-,21-/m0/s1. The Hall–Kier alpha value is -3.41. The van der Waals surface area contributed by atoms with Crippen molar-refractivity contribution in [2.45, 2.75) is 50.9 Å². The number of urea groups is 1. The number of carbonyl (C=O) groups excluding carboxylic acids is 2. The minimum absolute atomic E-state index is 0.0431. The van der Waals surface area contributed by atoms with Crippen molar-refractivity contribution in [1.29, 1.82) is 5.26 Å². The molecule has 2 amide bonds. The second-order valence-electron chi connectivity index (χ2n) is 8.00. The number of benzene rings is 2. The Balaban J connectivity index is 1.79. The Morgan fingerprint density at radius 3 is 2.09 bits per heavy atom. The van der Waals surface area contributed by atoms with Crippen LogP contribution < -0.4 is 9.80 Å². The third kappa shape index (κ3) is 3.60. The third-order valence-corrected chi connectivity index (χ3v) is 6.09. The fraction of sp³-hybridized carbons (Fsp3) is 0.348. The molecule has 2 aromatic carbocycles. The molecule has 2 aromatic rings. The van der Waals surface area contributed by atoms with Gasteiger partial charge in [-0.1, -0.05) is 12.8 Å². The number of rotatable bonds is 3. The lowest BCUT2D eigenvalue weighted by Crippen LogP contribution is -2.40. The van der Waals surface area contributed by atoms with Crippen molar-refractivity contribution in [3.8, 4) is 6.07 Å². The van der Waals surface area contributed by atoms with Crippen LogP contribution in [0, 0.1) is 17.1 Å². The fourth-order valence-corrected chi connectivity index (χ4v) is 4.65. The van der Waals surface area contributed by atoms with Gasteiger partial charge in [0, 0.05) is 11.4 Å². The molecule has 9 heteroatoms. The number of halogens is 4. The molecule has 0 radical (unpaired) electrons. The molecule has 2 atom stereocenters. The van der Waals surface area contributed by atoms with E-state index in [9.17, 15) is 27.2 Å². The molecule has 1 aliphatic heterocycles. The Morgan fingerprint density at radius 2 is 1.59 bits per heavy atom. The molecule has 4 rings (SSSR count). The number of fused-ring (bicyclic) bond motifs is 1. The summed E-state index contributed by atoms with van der Waals surface area (Å²) in [6.45, 7) is 1.24. The minimum Gasteiger partial charge on any atom is -0.294 e. The maximum Gasteiger partial charge on any atom is 0.417 e. The minimum atomic E-state index is -4.75. The van der Waals surface area contributed by atoms with Crippen LogP contribution in [0.25, 0.3) is 0 Å². The molecule has 0 N–H and O–H groups in total. The number of hydrogen-bond donors (Lipinski definition) is 0. The number of nitrogens with zero attached hydrogens (tertiary/aromatic N) is 3. The molecule has 0 spiro atoms. The fourth-order valence-electron chi connectivity index (χ4n) is 4.65. The van der Waals surface area contributed by atoms with Gasteiger partial charge in [-0.25, -0.2) is 9.18 Å². The van der Waals surface area contributed by atoms with Gasteiger partial charge in [-0.15, -0.1) is 0 Å². The lowest BCUT2D eigenvalue weighted by atomic mass is 9.89. The number of nitriles is 1. The van der Waals surface area contributed by atoms with E-state index in [2.05, 4.69) is 0 Å². The summed E-state index contributed by atoms with van der Waals surface area (Å²) in [6.07, 6.45) is -1.92. The maximum absolute atomic E-state index is 14.5. The summed E-state index contributed by atoms with van der Waals surface area (Å²) in [4.78, 5) is 27.7. The zero-order valence-corrected chi connectivity index (χ0v) is 17.1. The van der Waals surface area contributed by atoms with Crippen LogP contribution in [-0.2, 0) is 6.18 Å². The highest BCUT2D eigenvalue weighted by Gasteiger charge is 2.48. The summed E-state index contributed by atoms with van der Waals surface area (Å²) in [5.74, 6) is -1.21. The molecular formula is C23H19F4N3O2. The quantitative estimate of drug-likeness (QED) is 0.451. The van der Waals surface area contributed by atoms with E-state index in [1.54, 1.807) is 0 Å². The molecule has 0 unspecified atom stereocenters. The van der Waals surface area contributed by atoms with Gasteiger partial charge in [-0.3, -0.25) is 14.6 Å². The molecule has 5 nitrogen and oxygen atoms in total. The lowest BCUT2D eigenvalue weighted by Gasteiger charge is -2.32. The molecule has 1 saturated carbocycles. The van der Waals surface area contributed by atoms with E-state index in [4.69, 9.17) is 5.26 Å². The van der Waals surface area contributed by atoms with Gasteiger partial charge in [-0.05, 0) is 56.2 Å². The summed E-state index contributed by atoms with van der Waals surface area (Å²) in [7, 11) is 0. The monoisotopic (exact) mass is 445 g/mol. The van der Waals surface area contributed by atoms with Crippen molar-refractivity contribution in [3.63, 3.8) is 0 Å². The van der Waals surface area contributed by atoms with Crippen LogP contribution >= 0.6 is 0 Å². The van der Waals surface area contributed by atoms with Gasteiger partial charge in [0.05, 0.1) is 34.8 Å². The number of carbonyl (C=O) groups is 2. The number of anilines is 2. The SMILES string of the molecule is CC(=O)c1ccc(N2C(=O)N(c3ccc(C#N)c(C(F)(F)F)c3)[C@H]3CCCC[C@@H]32)cc1F. The Kier molecular flexibility index (Phi) is 5.41. The molecule has 2 fully saturated rings. The van der Waals surface area contributed by atoms with Crippen molar-refractivity contribution in [2.24, 2.45) is 0 Å². The Labute approximate surface area is 181 Å². The smallest absolute Gasteiger partial charge is 0.294 e. The predicted octanol–water partition coefficient (Wildman–Crippen LogP) is 5.68. The van der Waals surface area contributed by atoms with Crippen molar-refractivity contribution in [2.75, 3.05) is 9.80 Å². The first-order valence-electron chi connectivity index (χ1n) is 10.2. The molecule has 0 bridgehead atoms. The van der Waals surface area contributed by atoms with Crippen LogP contribution in [0.4, 0.5) is 33.7 Å². The molecule has 1 saturated heterocycles. The van der Waals surface area contributed by atoms with E-state index in [1.165, 1.54) is 41.0 Å². The Morgan fingerprint density at radius 1 is 1.03 bits per heavy atom. The molecule has 32 heavy (non-hydrogen) atoms. The summed E-state index contributed by atoms with van der Waals surface area (Å²) in [5, 5.41) is 9.06. The van der Waals surface area contributed by atoms with E-state index in [-0.39, 0.29) is 29.0 Å². The number of amides is 2. The lowest BCUT2D eigenvalue weighted by molar-refractivity contribution is -0.137. The largest absolute Gasteiger partial charge is 0.417 e. The van der Waals surface area contributed by atoms with Crippen LogP contribution in [0.1, 0.15) is 54.1 Å². The number of ketones is 1. The van der Waals surface area contributed by atoms with Crippen molar-refractivity contribution in [3.05, 3.63) is 58.9 Å². The second kappa shape index (κ2) is 7.93. The molecule has 1 heterocycles. The van der Waals surface area contributed by atoms with Gasteiger partial charge in [0.25, 0.3) is 0 Å². The van der Waals surface area contributed by atoms with E-state index in [1.807, 2.05) is 0 Å². The van der Waals surface area contributed by atoms with Crippen molar-refractivity contribution >= 4 is 23.2 Å². The van der Waals surface area contributed by atoms with Crippen molar-refractivity contribution < 1.29 is 27.2 Å². The average Bonchev–Trinajstić information content (AvgIpc) is 3.04. The highest BCUT2D eigenvalue weighted by molar-refractivity contribution is 6.08.